The number of aromatic amines is 2. The molecule has 15 nitrogen and oxygen atoms in total. The summed E-state index contributed by atoms with van der Waals surface area (Å²) in [7, 11) is 2.83. The summed E-state index contributed by atoms with van der Waals surface area (Å²) in [5.74, 6) is 1.76. The number of benzene rings is 3. The molecule has 0 bridgehead atoms. The molecular weight excluding hydrogens is 895 g/mol. The standard InChI is InChI=1S/C56H73N9O6/c1-30(2)48(61-54(68)71-9)52(66)64-42-14-10-12-32(42)28-46(64)50-57-38-22-16-34(26-40(38)59-50)44-24-25-45(63(44)37-20-18-36(19-21-37)56(5,6)7)35-17-23-39-41(27-35)60-51(58-39)47-29-33-13-11-15-43(33)65(47)53(67)49(31(3)4)62(8)55(69)70/h16-23,26-27,30-33,42-49H,10-15,24-25,28-29H2,1-9H3,(H,57,59)(H,58,60)(H,61,68)(H,69,70)/t32-,33-,42-,43-,44+,45+,46?,47-,48-,49-/m0/s1. The van der Waals surface area contributed by atoms with E-state index in [9.17, 15) is 24.3 Å². The van der Waals surface area contributed by atoms with Crippen LogP contribution in [0.1, 0.15) is 165 Å². The number of likely N-dealkylation sites (tertiary alicyclic amines) is 2. The van der Waals surface area contributed by atoms with E-state index >= 15 is 0 Å². The Kier molecular flexibility index (Phi) is 12.8. The first-order valence-corrected chi connectivity index (χ1v) is 26.2. The van der Waals surface area contributed by atoms with Crippen molar-refractivity contribution in [3.8, 4) is 0 Å². The number of hydrogen-bond donors (Lipinski definition) is 4. The van der Waals surface area contributed by atoms with E-state index in [0.29, 0.717) is 11.8 Å². The van der Waals surface area contributed by atoms with E-state index in [1.165, 1.54) is 35.7 Å². The van der Waals surface area contributed by atoms with Crippen LogP contribution in [0, 0.1) is 23.7 Å². The molecule has 3 aromatic carbocycles. The van der Waals surface area contributed by atoms with Crippen molar-refractivity contribution < 1.29 is 29.0 Å². The predicted molar refractivity (Wildman–Crippen MR) is 274 cm³/mol. The van der Waals surface area contributed by atoms with E-state index in [-0.39, 0.29) is 65.3 Å². The fourth-order valence-corrected chi connectivity index (χ4v) is 13.5. The number of fused-ring (bicyclic) bond motifs is 4. The number of carbonyl (C=O) groups excluding carboxylic acids is 3. The lowest BCUT2D eigenvalue weighted by Gasteiger charge is -2.36. The second-order valence-corrected chi connectivity index (χ2v) is 23.1. The number of amides is 4. The first kappa shape index (κ1) is 48.5. The van der Waals surface area contributed by atoms with Gasteiger partial charge < -0.3 is 39.8 Å². The van der Waals surface area contributed by atoms with Crippen molar-refractivity contribution in [3.63, 3.8) is 0 Å². The fraction of sp³-hybridized carbons (Fsp3) is 0.571. The van der Waals surface area contributed by atoms with Crippen LogP contribution in [0.2, 0.25) is 0 Å². The number of carboxylic acid groups (broad SMARTS) is 1. The number of nitrogens with one attached hydrogen (secondary N) is 3. The van der Waals surface area contributed by atoms with Crippen LogP contribution in [0.15, 0.2) is 60.7 Å². The van der Waals surface area contributed by atoms with Crippen LogP contribution in [0.3, 0.4) is 0 Å². The van der Waals surface area contributed by atoms with Gasteiger partial charge in [-0.15, -0.1) is 0 Å². The van der Waals surface area contributed by atoms with Gasteiger partial charge in [-0.1, -0.05) is 85.6 Å². The van der Waals surface area contributed by atoms with Crippen LogP contribution >= 0.6 is 0 Å². The Morgan fingerprint density at radius 2 is 1.21 bits per heavy atom. The number of alkyl carbamates (subject to hydrolysis) is 1. The topological polar surface area (TPSA) is 180 Å². The third kappa shape index (κ3) is 8.78. The molecule has 4 amide bonds. The highest BCUT2D eigenvalue weighted by Crippen LogP contribution is 2.51. The Balaban J connectivity index is 0.968. The highest BCUT2D eigenvalue weighted by molar-refractivity contribution is 5.88. The van der Waals surface area contributed by atoms with Crippen LogP contribution in [-0.2, 0) is 19.7 Å². The highest BCUT2D eigenvalue weighted by atomic mass is 16.5. The molecule has 71 heavy (non-hydrogen) atoms. The van der Waals surface area contributed by atoms with Crippen LogP contribution in [0.25, 0.3) is 22.1 Å². The van der Waals surface area contributed by atoms with E-state index in [1.54, 1.807) is 0 Å². The summed E-state index contributed by atoms with van der Waals surface area (Å²) in [6.07, 6.45) is 7.90. The first-order chi connectivity index (χ1) is 33.9. The lowest BCUT2D eigenvalue weighted by atomic mass is 9.87. The molecule has 378 valence electrons. The van der Waals surface area contributed by atoms with Gasteiger partial charge in [-0.3, -0.25) is 14.5 Å². The summed E-state index contributed by atoms with van der Waals surface area (Å²) in [5.41, 5.74) is 8.34. The van der Waals surface area contributed by atoms with Crippen molar-refractivity contribution in [1.29, 1.82) is 0 Å². The van der Waals surface area contributed by atoms with E-state index in [0.717, 1.165) is 104 Å². The average molecular weight is 968 g/mol. The summed E-state index contributed by atoms with van der Waals surface area (Å²) in [4.78, 5) is 79.1. The molecule has 5 heterocycles. The zero-order chi connectivity index (χ0) is 50.2. The van der Waals surface area contributed by atoms with Gasteiger partial charge in [0.25, 0.3) is 0 Å². The molecule has 3 saturated heterocycles. The SMILES string of the molecule is COC(=O)N[C@H](C(=O)N1C(c2nc3ccc([C@H]4CC[C@H](c5ccc6nc([C@@H]7C[C@@H]8CCC[C@@H]8N7C(=O)[C@H](C(C)C)N(C)C(=O)O)[nH]c6c5)N4c4ccc(C(C)(C)C)cc4)cc3[nH]2)C[C@@H]2CCC[C@@H]21)C(C)C. The average Bonchev–Trinajstić information content (AvgIpc) is 4.20. The predicted octanol–water partition coefficient (Wildman–Crippen LogP) is 10.7. The van der Waals surface area contributed by atoms with Gasteiger partial charge in [-0.2, -0.15) is 0 Å². The Bertz CT molecular complexity index is 2810. The minimum Gasteiger partial charge on any atom is -0.465 e. The van der Waals surface area contributed by atoms with E-state index in [2.05, 4.69) is 102 Å². The minimum absolute atomic E-state index is 0.000821. The van der Waals surface area contributed by atoms with Crippen molar-refractivity contribution >= 4 is 51.8 Å². The maximum atomic E-state index is 14.5. The molecule has 2 saturated carbocycles. The zero-order valence-electron chi connectivity index (χ0n) is 42.9. The summed E-state index contributed by atoms with van der Waals surface area (Å²) in [5, 5.41) is 12.8. The number of H-pyrrole nitrogens is 2. The largest absolute Gasteiger partial charge is 0.465 e. The van der Waals surface area contributed by atoms with Gasteiger partial charge in [0.05, 0.1) is 53.3 Å². The Labute approximate surface area is 417 Å². The molecule has 3 aliphatic heterocycles. The summed E-state index contributed by atoms with van der Waals surface area (Å²) in [6, 6.07) is 20.5. The number of anilines is 1. The van der Waals surface area contributed by atoms with Crippen molar-refractivity contribution in [2.45, 2.75) is 166 Å². The van der Waals surface area contributed by atoms with Gasteiger partial charge in [-0.25, -0.2) is 19.6 Å². The van der Waals surface area contributed by atoms with Crippen molar-refractivity contribution in [2.24, 2.45) is 23.7 Å². The second-order valence-electron chi connectivity index (χ2n) is 23.1. The van der Waals surface area contributed by atoms with E-state index in [1.807, 2.05) is 37.5 Å². The van der Waals surface area contributed by atoms with Gasteiger partial charge in [0.2, 0.25) is 11.8 Å². The number of methoxy groups -OCH3 is 1. The monoisotopic (exact) mass is 968 g/mol. The van der Waals surface area contributed by atoms with Crippen molar-refractivity contribution in [2.75, 3.05) is 19.1 Å². The number of ether oxygens (including phenoxy) is 1. The first-order valence-electron chi connectivity index (χ1n) is 26.2. The molecule has 10 atom stereocenters. The molecule has 5 fully saturated rings. The Morgan fingerprint density at radius 1 is 0.704 bits per heavy atom. The molecule has 0 radical (unpaired) electrons. The lowest BCUT2D eigenvalue weighted by Crippen LogP contribution is -2.53. The minimum atomic E-state index is -1.10. The molecule has 5 aliphatic rings. The number of hydrogen-bond acceptors (Lipinski definition) is 8. The van der Waals surface area contributed by atoms with E-state index in [4.69, 9.17) is 14.7 Å². The number of carbonyl (C=O) groups is 4. The van der Waals surface area contributed by atoms with Crippen molar-refractivity contribution in [1.82, 2.24) is 40.0 Å². The third-order valence-electron chi connectivity index (χ3n) is 17.0. The van der Waals surface area contributed by atoms with Crippen LogP contribution < -0.4 is 10.2 Å². The van der Waals surface area contributed by atoms with Gasteiger partial charge in [0.1, 0.15) is 23.7 Å². The number of imidazole rings is 2. The van der Waals surface area contributed by atoms with Gasteiger partial charge >= 0.3 is 12.2 Å². The van der Waals surface area contributed by atoms with Crippen LogP contribution in [0.4, 0.5) is 15.3 Å². The zero-order valence-corrected chi connectivity index (χ0v) is 42.9. The maximum Gasteiger partial charge on any atom is 0.407 e. The van der Waals surface area contributed by atoms with Crippen LogP contribution in [-0.4, -0.2) is 102 Å². The quantitative estimate of drug-likeness (QED) is 0.100. The Hall–Kier alpha value is -6.12. The van der Waals surface area contributed by atoms with Crippen molar-refractivity contribution in [3.05, 3.63) is 89.0 Å². The second kappa shape index (κ2) is 18.8. The smallest absolute Gasteiger partial charge is 0.407 e. The molecule has 4 N–H and O–H groups in total. The maximum absolute atomic E-state index is 14.5. The molecule has 2 aromatic heterocycles. The molecular formula is C56H73N9O6. The molecule has 2 aliphatic carbocycles. The summed E-state index contributed by atoms with van der Waals surface area (Å²) in [6.45, 7) is 14.5. The molecule has 5 aromatic rings. The Morgan fingerprint density at radius 3 is 1.66 bits per heavy atom. The normalized spacial score (nSPS) is 26.2. The molecule has 0 spiro atoms. The number of aromatic nitrogens is 4. The lowest BCUT2D eigenvalue weighted by molar-refractivity contribution is -0.141. The fourth-order valence-electron chi connectivity index (χ4n) is 13.5. The molecule has 1 unspecified atom stereocenters. The summed E-state index contributed by atoms with van der Waals surface area (Å²) < 4.78 is 4.93. The van der Waals surface area contributed by atoms with Gasteiger partial charge in [-0.05, 0) is 134 Å². The number of likely N-dealkylation sites (N-methyl/N-ethyl adjacent to an activating group) is 1. The number of rotatable bonds is 11. The van der Waals surface area contributed by atoms with Gasteiger partial charge in [0.15, 0.2) is 0 Å². The number of nitrogens with zero attached hydrogens (tertiary/aromatic N) is 6. The van der Waals surface area contributed by atoms with Gasteiger partial charge in [0, 0.05) is 24.8 Å². The molecule has 10 rings (SSSR count). The molecule has 15 heteroatoms. The highest BCUT2D eigenvalue weighted by Gasteiger charge is 2.51. The van der Waals surface area contributed by atoms with E-state index < -0.39 is 24.3 Å². The summed E-state index contributed by atoms with van der Waals surface area (Å²) >= 11 is 0. The third-order valence-corrected chi connectivity index (χ3v) is 17.0. The van der Waals surface area contributed by atoms with Crippen LogP contribution in [0.5, 0.6) is 0 Å².